The second-order valence-corrected chi connectivity index (χ2v) is 9.04. The molecule has 0 aliphatic carbocycles. The highest BCUT2D eigenvalue weighted by molar-refractivity contribution is 5.91. The molecule has 2 aliphatic heterocycles. The van der Waals surface area contributed by atoms with E-state index in [2.05, 4.69) is 16.0 Å². The zero-order valence-electron chi connectivity index (χ0n) is 18.7. The smallest absolute Gasteiger partial charge is 0.345 e. The van der Waals surface area contributed by atoms with Crippen LogP contribution in [0.3, 0.4) is 0 Å². The highest BCUT2D eigenvalue weighted by atomic mass is 19.4. The highest BCUT2D eigenvalue weighted by Crippen LogP contribution is 2.41. The van der Waals surface area contributed by atoms with Crippen LogP contribution in [0.2, 0.25) is 0 Å². The van der Waals surface area contributed by atoms with E-state index in [4.69, 9.17) is 0 Å². The molecule has 0 aromatic rings. The van der Waals surface area contributed by atoms with Gasteiger partial charge in [0, 0.05) is 31.6 Å². The number of hydrogen-bond acceptors (Lipinski definition) is 5. The molecule has 2 heterocycles. The van der Waals surface area contributed by atoms with Crippen LogP contribution in [0.5, 0.6) is 0 Å². The lowest BCUT2D eigenvalue weighted by molar-refractivity contribution is -0.198. The summed E-state index contributed by atoms with van der Waals surface area (Å²) in [6.45, 7) is 4.50. The van der Waals surface area contributed by atoms with Crippen LogP contribution in [0.25, 0.3) is 0 Å². The van der Waals surface area contributed by atoms with Crippen LogP contribution in [0.15, 0.2) is 0 Å². The molecule has 0 radical (unpaired) electrons. The van der Waals surface area contributed by atoms with E-state index in [1.54, 1.807) is 11.9 Å². The largest absolute Gasteiger partial charge is 0.471 e. The van der Waals surface area contributed by atoms with Crippen LogP contribution < -0.4 is 16.0 Å². The van der Waals surface area contributed by atoms with Gasteiger partial charge in [0.05, 0.1) is 13.1 Å². The quantitative estimate of drug-likeness (QED) is 0.464. The van der Waals surface area contributed by atoms with Gasteiger partial charge in [0.25, 0.3) is 0 Å². The van der Waals surface area contributed by atoms with Crippen molar-refractivity contribution in [3.63, 3.8) is 0 Å². The second kappa shape index (κ2) is 10.5. The number of hydrogen-bond donors (Lipinski definition) is 3. The van der Waals surface area contributed by atoms with Gasteiger partial charge in [-0.2, -0.15) is 13.2 Å². The molecule has 2 fully saturated rings. The fourth-order valence-corrected chi connectivity index (χ4v) is 4.14. The monoisotopic (exact) mass is 463 g/mol. The Kier molecular flexibility index (Phi) is 8.49. The Labute approximate surface area is 185 Å². The Morgan fingerprint density at radius 1 is 1.00 bits per heavy atom. The third-order valence-electron chi connectivity index (χ3n) is 5.87. The lowest BCUT2D eigenvalue weighted by atomic mass is 9.72. The summed E-state index contributed by atoms with van der Waals surface area (Å²) in [6, 6.07) is -0.750. The predicted octanol–water partition coefficient (Wildman–Crippen LogP) is -0.134. The van der Waals surface area contributed by atoms with Gasteiger partial charge in [-0.05, 0) is 32.2 Å². The van der Waals surface area contributed by atoms with Crippen LogP contribution in [0.1, 0.15) is 33.1 Å². The first-order chi connectivity index (χ1) is 14.9. The van der Waals surface area contributed by atoms with Crippen LogP contribution in [0.4, 0.5) is 13.2 Å². The molecule has 182 valence electrons. The van der Waals surface area contributed by atoms with Crippen LogP contribution >= 0.6 is 0 Å². The third kappa shape index (κ3) is 6.81. The average Bonchev–Trinajstić information content (AvgIpc) is 2.68. The summed E-state index contributed by atoms with van der Waals surface area (Å²) in [6.07, 6.45) is -3.43. The summed E-state index contributed by atoms with van der Waals surface area (Å²) < 4.78 is 37.6. The Morgan fingerprint density at radius 3 is 2.09 bits per heavy atom. The van der Waals surface area contributed by atoms with Gasteiger partial charge in [-0.25, -0.2) is 0 Å². The number of rotatable bonds is 8. The number of carbonyl (C=O) groups excluding carboxylic acids is 4. The molecule has 9 nitrogen and oxygen atoms in total. The zero-order chi connectivity index (χ0) is 24.1. The van der Waals surface area contributed by atoms with Crippen molar-refractivity contribution < 1.29 is 32.3 Å². The maximum absolute atomic E-state index is 12.5. The maximum Gasteiger partial charge on any atom is 0.471 e. The number of piperidine rings is 1. The molecule has 0 aromatic heterocycles. The van der Waals surface area contributed by atoms with Gasteiger partial charge in [0.2, 0.25) is 17.7 Å². The lowest BCUT2D eigenvalue weighted by Gasteiger charge is -2.53. The minimum absolute atomic E-state index is 0.0489. The predicted molar refractivity (Wildman–Crippen MR) is 109 cm³/mol. The Morgan fingerprint density at radius 2 is 1.59 bits per heavy atom. The maximum atomic E-state index is 12.5. The van der Waals surface area contributed by atoms with Gasteiger partial charge in [-0.15, -0.1) is 0 Å². The SMILES string of the molecule is CNCC(=O)N[C@H](CC(C)C)C(=O)NCC(=O)N1CCC2(CC1)CN(C(=O)C(F)(F)F)C2. The van der Waals surface area contributed by atoms with Crippen molar-refractivity contribution in [3.8, 4) is 0 Å². The number of amides is 4. The number of carbonyl (C=O) groups is 4. The zero-order valence-corrected chi connectivity index (χ0v) is 18.7. The van der Waals surface area contributed by atoms with Crippen molar-refractivity contribution in [2.45, 2.75) is 45.3 Å². The van der Waals surface area contributed by atoms with Crippen molar-refractivity contribution in [2.24, 2.45) is 11.3 Å². The van der Waals surface area contributed by atoms with Crippen molar-refractivity contribution in [1.29, 1.82) is 0 Å². The molecular weight excluding hydrogens is 431 g/mol. The average molecular weight is 464 g/mol. The Balaban J connectivity index is 1.78. The van der Waals surface area contributed by atoms with E-state index in [9.17, 15) is 32.3 Å². The molecular formula is C20H32F3N5O4. The molecule has 0 aromatic carbocycles. The number of halogens is 3. The van der Waals surface area contributed by atoms with E-state index in [0.717, 1.165) is 4.90 Å². The van der Waals surface area contributed by atoms with Crippen LogP contribution in [-0.4, -0.2) is 92.0 Å². The molecule has 12 heteroatoms. The molecule has 0 bridgehead atoms. The van der Waals surface area contributed by atoms with Crippen molar-refractivity contribution >= 4 is 23.6 Å². The van der Waals surface area contributed by atoms with Gasteiger partial charge in [0.15, 0.2) is 0 Å². The molecule has 1 atom stereocenters. The van der Waals surface area contributed by atoms with Crippen molar-refractivity contribution in [2.75, 3.05) is 46.3 Å². The number of likely N-dealkylation sites (N-methyl/N-ethyl adjacent to an activating group) is 1. The van der Waals surface area contributed by atoms with E-state index in [-0.39, 0.29) is 49.3 Å². The van der Waals surface area contributed by atoms with Gasteiger partial charge in [-0.3, -0.25) is 19.2 Å². The lowest BCUT2D eigenvalue weighted by Crippen LogP contribution is -2.64. The minimum atomic E-state index is -4.86. The van der Waals surface area contributed by atoms with E-state index in [0.29, 0.717) is 32.4 Å². The molecule has 32 heavy (non-hydrogen) atoms. The van der Waals surface area contributed by atoms with Crippen molar-refractivity contribution in [1.82, 2.24) is 25.8 Å². The normalized spacial score (nSPS) is 18.8. The van der Waals surface area contributed by atoms with E-state index < -0.39 is 24.0 Å². The molecule has 1 spiro atoms. The van der Waals surface area contributed by atoms with E-state index >= 15 is 0 Å². The number of nitrogens with one attached hydrogen (secondary N) is 3. The Hall–Kier alpha value is -2.37. The first-order valence-corrected chi connectivity index (χ1v) is 10.7. The van der Waals surface area contributed by atoms with E-state index in [1.807, 2.05) is 13.8 Å². The second-order valence-electron chi connectivity index (χ2n) is 9.04. The summed E-state index contributed by atoms with van der Waals surface area (Å²) in [5.74, 6) is -2.71. The van der Waals surface area contributed by atoms with Crippen LogP contribution in [0, 0.1) is 11.3 Å². The molecule has 4 amide bonds. The molecule has 2 aliphatic rings. The summed E-state index contributed by atoms with van der Waals surface area (Å²) in [5, 5.41) is 7.94. The molecule has 2 saturated heterocycles. The van der Waals surface area contributed by atoms with Gasteiger partial charge < -0.3 is 25.8 Å². The number of nitrogens with zero attached hydrogens (tertiary/aromatic N) is 2. The summed E-state index contributed by atoms with van der Waals surface area (Å²) >= 11 is 0. The van der Waals surface area contributed by atoms with Crippen molar-refractivity contribution in [3.05, 3.63) is 0 Å². The first-order valence-electron chi connectivity index (χ1n) is 10.7. The highest BCUT2D eigenvalue weighted by Gasteiger charge is 2.53. The third-order valence-corrected chi connectivity index (χ3v) is 5.87. The minimum Gasteiger partial charge on any atom is -0.345 e. The fourth-order valence-electron chi connectivity index (χ4n) is 4.14. The number of likely N-dealkylation sites (tertiary alicyclic amines) is 2. The first kappa shape index (κ1) is 25.9. The van der Waals surface area contributed by atoms with E-state index in [1.165, 1.54) is 0 Å². The standard InChI is InChI=1S/C20H32F3N5O4/c1-13(2)8-14(26-15(29)9-24-3)17(31)25-10-16(30)27-6-4-19(5-7-27)11-28(12-19)18(32)20(21,22)23/h13-14,24H,4-12H2,1-3H3,(H,25,31)(H,26,29)/t14-/m1/s1. The fraction of sp³-hybridized carbons (Fsp3) is 0.800. The molecule has 0 saturated carbocycles. The topological polar surface area (TPSA) is 111 Å². The number of alkyl halides is 3. The Bertz CT molecular complexity index is 713. The molecule has 0 unspecified atom stereocenters. The summed E-state index contributed by atoms with van der Waals surface area (Å²) in [4.78, 5) is 50.5. The summed E-state index contributed by atoms with van der Waals surface area (Å²) in [5.41, 5.74) is -0.374. The van der Waals surface area contributed by atoms with Gasteiger partial charge in [-0.1, -0.05) is 13.8 Å². The van der Waals surface area contributed by atoms with Gasteiger partial charge >= 0.3 is 12.1 Å². The van der Waals surface area contributed by atoms with Gasteiger partial charge in [0.1, 0.15) is 6.04 Å². The molecule has 3 N–H and O–H groups in total. The molecule has 2 rings (SSSR count). The van der Waals surface area contributed by atoms with Crippen LogP contribution in [-0.2, 0) is 19.2 Å². The summed E-state index contributed by atoms with van der Waals surface area (Å²) in [7, 11) is 1.62.